The zero-order valence-electron chi connectivity index (χ0n) is 11.3. The van der Waals surface area contributed by atoms with E-state index in [0.29, 0.717) is 11.4 Å². The topological polar surface area (TPSA) is 46.2 Å². The highest BCUT2D eigenvalue weighted by Crippen LogP contribution is 2.27. The Balaban J connectivity index is 2.47. The van der Waals surface area contributed by atoms with E-state index in [1.807, 2.05) is 32.9 Å². The maximum absolute atomic E-state index is 12.7. The summed E-state index contributed by atoms with van der Waals surface area (Å²) in [6.45, 7) is 7.29. The van der Waals surface area contributed by atoms with E-state index in [0.717, 1.165) is 36.1 Å². The van der Waals surface area contributed by atoms with E-state index in [4.69, 9.17) is 0 Å². The second-order valence-corrected chi connectivity index (χ2v) is 7.41. The number of benzene rings is 1. The van der Waals surface area contributed by atoms with E-state index in [2.05, 4.69) is 5.32 Å². The summed E-state index contributed by atoms with van der Waals surface area (Å²) in [5.41, 5.74) is 2.86. The number of aryl methyl sites for hydroxylation is 3. The molecule has 1 atom stereocenters. The van der Waals surface area contributed by atoms with Gasteiger partial charge in [0.15, 0.2) is 9.84 Å². The van der Waals surface area contributed by atoms with Crippen LogP contribution in [0, 0.1) is 20.8 Å². The molecule has 1 aromatic rings. The van der Waals surface area contributed by atoms with Gasteiger partial charge in [-0.2, -0.15) is 0 Å². The summed E-state index contributed by atoms with van der Waals surface area (Å²) < 4.78 is 25.4. The first-order valence-electron chi connectivity index (χ1n) is 6.45. The number of hydrogen-bond acceptors (Lipinski definition) is 3. The van der Waals surface area contributed by atoms with Crippen molar-refractivity contribution in [3.05, 3.63) is 28.8 Å². The lowest BCUT2D eigenvalue weighted by atomic mass is 10.1. The lowest BCUT2D eigenvalue weighted by Gasteiger charge is -2.24. The second-order valence-electron chi connectivity index (χ2n) is 5.24. The van der Waals surface area contributed by atoms with Gasteiger partial charge in [0.2, 0.25) is 0 Å². The van der Waals surface area contributed by atoms with Crippen molar-refractivity contribution in [3.63, 3.8) is 0 Å². The second kappa shape index (κ2) is 5.02. The summed E-state index contributed by atoms with van der Waals surface area (Å²) in [6.07, 6.45) is 1.70. The average molecular weight is 267 g/mol. The van der Waals surface area contributed by atoms with Gasteiger partial charge in [-0.25, -0.2) is 8.42 Å². The minimum Gasteiger partial charge on any atom is -0.315 e. The average Bonchev–Trinajstić information content (AvgIpc) is 2.28. The van der Waals surface area contributed by atoms with E-state index in [1.54, 1.807) is 0 Å². The van der Waals surface area contributed by atoms with Crippen LogP contribution in [0.15, 0.2) is 17.0 Å². The minimum absolute atomic E-state index is 0.272. The predicted octanol–water partition coefficient (Wildman–Crippen LogP) is 2.14. The first-order chi connectivity index (χ1) is 8.43. The molecular weight excluding hydrogens is 246 g/mol. The third-order valence-electron chi connectivity index (χ3n) is 3.58. The van der Waals surface area contributed by atoms with E-state index in [1.165, 1.54) is 0 Å². The smallest absolute Gasteiger partial charge is 0.182 e. The predicted molar refractivity (Wildman–Crippen MR) is 73.7 cm³/mol. The Kier molecular flexibility index (Phi) is 3.78. The van der Waals surface area contributed by atoms with Gasteiger partial charge in [-0.3, -0.25) is 0 Å². The lowest BCUT2D eigenvalue weighted by Crippen LogP contribution is -2.39. The van der Waals surface area contributed by atoms with Crippen molar-refractivity contribution in [1.29, 1.82) is 0 Å². The van der Waals surface area contributed by atoms with Crippen molar-refractivity contribution in [2.75, 3.05) is 13.1 Å². The van der Waals surface area contributed by atoms with Crippen molar-refractivity contribution >= 4 is 9.84 Å². The minimum atomic E-state index is -3.20. The monoisotopic (exact) mass is 267 g/mol. The zero-order valence-corrected chi connectivity index (χ0v) is 12.1. The maximum atomic E-state index is 12.7. The van der Waals surface area contributed by atoms with Gasteiger partial charge in [0, 0.05) is 6.54 Å². The van der Waals surface area contributed by atoms with Crippen LogP contribution >= 0.6 is 0 Å². The van der Waals surface area contributed by atoms with Crippen LogP contribution < -0.4 is 5.32 Å². The van der Waals surface area contributed by atoms with Crippen LogP contribution in [0.3, 0.4) is 0 Å². The summed E-state index contributed by atoms with van der Waals surface area (Å²) in [5.74, 6) is 0. The molecule has 4 heteroatoms. The van der Waals surface area contributed by atoms with Gasteiger partial charge in [-0.05, 0) is 51.3 Å². The molecule has 1 unspecified atom stereocenters. The molecule has 18 heavy (non-hydrogen) atoms. The summed E-state index contributed by atoms with van der Waals surface area (Å²) in [5, 5.41) is 2.91. The highest BCUT2D eigenvalue weighted by atomic mass is 32.2. The van der Waals surface area contributed by atoms with Gasteiger partial charge < -0.3 is 5.32 Å². The first kappa shape index (κ1) is 13.6. The van der Waals surface area contributed by atoms with E-state index in [-0.39, 0.29) is 5.25 Å². The van der Waals surface area contributed by atoms with Crippen LogP contribution in [0.25, 0.3) is 0 Å². The van der Waals surface area contributed by atoms with Gasteiger partial charge in [-0.15, -0.1) is 0 Å². The molecule has 1 N–H and O–H groups in total. The summed E-state index contributed by atoms with van der Waals surface area (Å²) >= 11 is 0. The molecule has 0 saturated carbocycles. The number of sulfone groups is 1. The molecule has 1 fully saturated rings. The molecule has 1 saturated heterocycles. The third kappa shape index (κ3) is 2.45. The molecule has 0 radical (unpaired) electrons. The maximum Gasteiger partial charge on any atom is 0.182 e. The van der Waals surface area contributed by atoms with E-state index < -0.39 is 9.84 Å². The van der Waals surface area contributed by atoms with Crippen LogP contribution in [-0.2, 0) is 9.84 Å². The zero-order chi connectivity index (χ0) is 13.3. The Labute approximate surface area is 110 Å². The van der Waals surface area contributed by atoms with Crippen LogP contribution in [0.4, 0.5) is 0 Å². The Bertz CT molecular complexity index is 520. The number of rotatable bonds is 2. The molecule has 1 aromatic carbocycles. The molecule has 2 rings (SSSR count). The Morgan fingerprint density at radius 1 is 1.17 bits per heavy atom. The Morgan fingerprint density at radius 3 is 2.28 bits per heavy atom. The SMILES string of the molecule is Cc1cc(C)c(S(=O)(=O)C2CCCNC2)c(C)c1. The highest BCUT2D eigenvalue weighted by molar-refractivity contribution is 7.92. The first-order valence-corrected chi connectivity index (χ1v) is 8.00. The fourth-order valence-corrected chi connectivity index (χ4v) is 5.03. The highest BCUT2D eigenvalue weighted by Gasteiger charge is 2.31. The summed E-state index contributed by atoms with van der Waals surface area (Å²) in [4.78, 5) is 0.543. The van der Waals surface area contributed by atoms with Crippen molar-refractivity contribution in [2.45, 2.75) is 43.8 Å². The molecule has 0 aromatic heterocycles. The number of hydrogen-bond donors (Lipinski definition) is 1. The van der Waals surface area contributed by atoms with Gasteiger partial charge in [0.25, 0.3) is 0 Å². The molecule has 1 heterocycles. The van der Waals surface area contributed by atoms with E-state index >= 15 is 0 Å². The molecule has 1 aliphatic rings. The van der Waals surface area contributed by atoms with Crippen molar-refractivity contribution in [1.82, 2.24) is 5.32 Å². The van der Waals surface area contributed by atoms with Crippen molar-refractivity contribution < 1.29 is 8.42 Å². The van der Waals surface area contributed by atoms with E-state index in [9.17, 15) is 8.42 Å². The molecule has 100 valence electrons. The number of nitrogens with one attached hydrogen (secondary N) is 1. The molecule has 0 bridgehead atoms. The molecule has 1 aliphatic heterocycles. The van der Waals surface area contributed by atoms with Crippen LogP contribution in [0.2, 0.25) is 0 Å². The van der Waals surface area contributed by atoms with Crippen LogP contribution in [0.1, 0.15) is 29.5 Å². The lowest BCUT2D eigenvalue weighted by molar-refractivity contribution is 0.496. The molecule has 0 aliphatic carbocycles. The Hall–Kier alpha value is -0.870. The van der Waals surface area contributed by atoms with Gasteiger partial charge in [-0.1, -0.05) is 17.7 Å². The van der Waals surface area contributed by atoms with Crippen molar-refractivity contribution in [3.8, 4) is 0 Å². The van der Waals surface area contributed by atoms with Gasteiger partial charge >= 0.3 is 0 Å². The number of piperidine rings is 1. The van der Waals surface area contributed by atoms with Crippen LogP contribution in [-0.4, -0.2) is 26.8 Å². The summed E-state index contributed by atoms with van der Waals surface area (Å²) in [7, 11) is -3.20. The molecule has 0 amide bonds. The van der Waals surface area contributed by atoms with Crippen LogP contribution in [0.5, 0.6) is 0 Å². The standard InChI is InChI=1S/C14H21NO2S/c1-10-7-11(2)14(12(3)8-10)18(16,17)13-5-4-6-15-9-13/h7-8,13,15H,4-6,9H2,1-3H3. The molecule has 3 nitrogen and oxygen atoms in total. The fourth-order valence-electron chi connectivity index (χ4n) is 2.87. The third-order valence-corrected chi connectivity index (χ3v) is 6.07. The Morgan fingerprint density at radius 2 is 1.78 bits per heavy atom. The normalized spacial score (nSPS) is 20.9. The summed E-state index contributed by atoms with van der Waals surface area (Å²) in [6, 6.07) is 3.91. The quantitative estimate of drug-likeness (QED) is 0.893. The molecule has 0 spiro atoms. The molecular formula is C14H21NO2S. The van der Waals surface area contributed by atoms with Gasteiger partial charge in [0.1, 0.15) is 0 Å². The van der Waals surface area contributed by atoms with Crippen molar-refractivity contribution in [2.24, 2.45) is 0 Å². The largest absolute Gasteiger partial charge is 0.315 e. The fraction of sp³-hybridized carbons (Fsp3) is 0.571. The van der Waals surface area contributed by atoms with Gasteiger partial charge in [0.05, 0.1) is 10.1 Å².